The third-order valence-corrected chi connectivity index (χ3v) is 16.7. The van der Waals surface area contributed by atoms with Crippen LogP contribution in [0.5, 0.6) is 23.0 Å². The molecule has 0 fully saturated rings. The summed E-state index contributed by atoms with van der Waals surface area (Å²) in [5, 5.41) is 2.46. The fraction of sp³-hybridized carbons (Fsp3) is 0.0513. The Hall–Kier alpha value is -10.4. The van der Waals surface area contributed by atoms with Gasteiger partial charge in [-0.15, -0.1) is 0 Å². The fourth-order valence-electron chi connectivity index (χ4n) is 12.5. The first-order chi connectivity index (χ1) is 40.3. The molecule has 1 aliphatic rings. The maximum Gasteiger partial charge on any atom is 0.127 e. The van der Waals surface area contributed by atoms with Gasteiger partial charge in [-0.2, -0.15) is 0 Å². The van der Waals surface area contributed by atoms with Gasteiger partial charge in [0, 0.05) is 38.9 Å². The molecule has 12 aromatic carbocycles. The quantitative estimate of drug-likeness (QED) is 0.109. The number of hydrogen-bond donors (Lipinski definition) is 0. The Labute approximate surface area is 479 Å². The van der Waals surface area contributed by atoms with E-state index in [1.54, 1.807) is 0 Å². The summed E-state index contributed by atoms with van der Waals surface area (Å²) < 4.78 is 15.3. The van der Waals surface area contributed by atoms with E-state index in [9.17, 15) is 0 Å². The van der Waals surface area contributed by atoms with Crippen molar-refractivity contribution in [3.05, 3.63) is 343 Å². The van der Waals surface area contributed by atoms with Gasteiger partial charge in [0.05, 0.1) is 16.4 Å². The van der Waals surface area contributed by atoms with Gasteiger partial charge in [-0.25, -0.2) is 0 Å². The molecule has 0 aliphatic heterocycles. The Bertz CT molecular complexity index is 4440. The van der Waals surface area contributed by atoms with E-state index in [2.05, 4.69) is 273 Å². The molecule has 4 heteroatoms. The minimum absolute atomic E-state index is 0.210. The predicted octanol–water partition coefficient (Wildman–Crippen LogP) is 20.8. The number of anilines is 3. The van der Waals surface area contributed by atoms with Crippen LogP contribution in [0.4, 0.5) is 17.1 Å². The molecular weight excluding hydrogens is 997 g/mol. The topological polar surface area (TPSA) is 26.6 Å². The van der Waals surface area contributed by atoms with Crippen LogP contribution in [0, 0.1) is 0 Å². The van der Waals surface area contributed by atoms with Crippen molar-refractivity contribution in [1.82, 2.24) is 4.57 Å². The van der Waals surface area contributed by atoms with E-state index in [4.69, 9.17) is 9.47 Å². The molecule has 0 spiro atoms. The lowest BCUT2D eigenvalue weighted by Crippen LogP contribution is -2.28. The maximum absolute atomic E-state index is 6.48. The summed E-state index contributed by atoms with van der Waals surface area (Å²) in [6, 6.07) is 107. The minimum atomic E-state index is -0.737. The van der Waals surface area contributed by atoms with Crippen molar-refractivity contribution in [2.75, 3.05) is 4.90 Å². The van der Waals surface area contributed by atoms with Gasteiger partial charge in [0.25, 0.3) is 0 Å². The Kier molecular flexibility index (Phi) is 12.6. The van der Waals surface area contributed by atoms with Gasteiger partial charge in [-0.05, 0) is 176 Å². The van der Waals surface area contributed by atoms with Crippen LogP contribution >= 0.6 is 0 Å². The summed E-state index contributed by atoms with van der Waals surface area (Å²) in [5.41, 5.74) is 18.6. The van der Waals surface area contributed by atoms with Crippen LogP contribution in [-0.4, -0.2) is 4.57 Å². The first-order valence-electron chi connectivity index (χ1n) is 28.1. The lowest BCUT2D eigenvalue weighted by Gasteiger charge is -2.35. The molecule has 13 aromatic rings. The molecule has 0 amide bonds. The normalized spacial score (nSPS) is 13.6. The molecule has 0 bridgehead atoms. The Balaban J connectivity index is 0.916. The summed E-state index contributed by atoms with van der Waals surface area (Å²) >= 11 is 0. The van der Waals surface area contributed by atoms with E-state index in [1.807, 2.05) is 60.7 Å². The summed E-state index contributed by atoms with van der Waals surface area (Å²) in [6.07, 6.45) is 1.84. The van der Waals surface area contributed by atoms with Crippen LogP contribution in [0.3, 0.4) is 0 Å². The zero-order valence-electron chi connectivity index (χ0n) is 45.8. The highest BCUT2D eigenvalue weighted by Crippen LogP contribution is 2.58. The Morgan fingerprint density at radius 1 is 0.390 bits per heavy atom. The van der Waals surface area contributed by atoms with Gasteiger partial charge < -0.3 is 18.9 Å². The number of benzene rings is 12. The van der Waals surface area contributed by atoms with Crippen LogP contribution in [0.2, 0.25) is 0 Å². The first-order valence-corrected chi connectivity index (χ1v) is 28.1. The van der Waals surface area contributed by atoms with Crippen molar-refractivity contribution in [3.63, 3.8) is 0 Å². The molecule has 0 saturated heterocycles. The van der Waals surface area contributed by atoms with Crippen LogP contribution < -0.4 is 14.4 Å². The second-order valence-electron chi connectivity index (χ2n) is 21.7. The monoisotopic (exact) mass is 1050 g/mol. The largest absolute Gasteiger partial charge is 0.457 e. The highest BCUT2D eigenvalue weighted by atomic mass is 16.5. The summed E-state index contributed by atoms with van der Waals surface area (Å²) in [5.74, 6) is 3.08. The van der Waals surface area contributed by atoms with Gasteiger partial charge >= 0.3 is 0 Å². The molecule has 392 valence electrons. The number of nitrogens with zero attached hydrogens (tertiary/aromatic N) is 2. The van der Waals surface area contributed by atoms with Gasteiger partial charge in [0.1, 0.15) is 23.0 Å². The van der Waals surface area contributed by atoms with E-state index in [0.717, 1.165) is 73.6 Å². The van der Waals surface area contributed by atoms with Crippen molar-refractivity contribution in [1.29, 1.82) is 0 Å². The number of para-hydroxylation sites is 3. The number of aromatic nitrogens is 1. The number of fused-ring (bicyclic) bond motifs is 6. The van der Waals surface area contributed by atoms with Crippen molar-refractivity contribution < 1.29 is 9.47 Å². The summed E-state index contributed by atoms with van der Waals surface area (Å²) in [7, 11) is 0. The van der Waals surface area contributed by atoms with E-state index >= 15 is 0 Å². The van der Waals surface area contributed by atoms with Gasteiger partial charge in [-0.1, -0.05) is 208 Å². The zero-order valence-corrected chi connectivity index (χ0v) is 45.8. The molecule has 1 heterocycles. The molecular formula is C78H58N2O2. The Morgan fingerprint density at radius 3 is 1.52 bits per heavy atom. The van der Waals surface area contributed by atoms with Crippen LogP contribution in [0.25, 0.3) is 55.8 Å². The lowest BCUT2D eigenvalue weighted by atomic mass is 9.67. The highest BCUT2D eigenvalue weighted by Gasteiger charge is 2.46. The second-order valence-corrected chi connectivity index (χ2v) is 21.7. The maximum atomic E-state index is 6.48. The molecule has 4 nitrogen and oxygen atoms in total. The molecule has 1 aliphatic carbocycles. The van der Waals surface area contributed by atoms with Gasteiger partial charge in [-0.3, -0.25) is 0 Å². The predicted molar refractivity (Wildman–Crippen MR) is 340 cm³/mol. The summed E-state index contributed by atoms with van der Waals surface area (Å²) in [6.45, 7) is 8.54. The second kappa shape index (κ2) is 20.7. The molecule has 0 N–H and O–H groups in total. The van der Waals surface area contributed by atoms with Gasteiger partial charge in [0.15, 0.2) is 0 Å². The highest BCUT2D eigenvalue weighted by molar-refractivity contribution is 6.10. The first kappa shape index (κ1) is 49.8. The van der Waals surface area contributed by atoms with Crippen molar-refractivity contribution in [2.24, 2.45) is 0 Å². The standard InChI is InChI=1S/C78H58N2O2/c1-4-54-28-44-66(45-29-54)82-68-48-37-60(38-49-68)78(59-35-46-67(47-36-59)81-65-22-12-7-13-23-65)73-26-16-14-24-69(73)70-50-43-64(53-74(70)78)79(63-41-33-58(34-42-63)77(2,3)57-18-8-5-9-19-57)62-39-30-55(31-40-62)56-32-51-76-72(52-56)71-25-15-17-27-75(71)80(76)61-20-10-6-11-21-61/h4-53H,1H2,2-3H3. The molecule has 1 atom stereocenters. The molecule has 1 unspecified atom stereocenters. The van der Waals surface area contributed by atoms with Crippen LogP contribution in [0.1, 0.15) is 52.8 Å². The number of rotatable bonds is 14. The van der Waals surface area contributed by atoms with Crippen molar-refractivity contribution in [3.8, 4) is 50.9 Å². The van der Waals surface area contributed by atoms with Crippen LogP contribution in [-0.2, 0) is 10.8 Å². The third-order valence-electron chi connectivity index (χ3n) is 16.7. The minimum Gasteiger partial charge on any atom is -0.457 e. The van der Waals surface area contributed by atoms with E-state index < -0.39 is 5.41 Å². The Morgan fingerprint density at radius 2 is 0.878 bits per heavy atom. The zero-order chi connectivity index (χ0) is 55.2. The average Bonchev–Trinajstić information content (AvgIpc) is 2.56. The number of hydrogen-bond acceptors (Lipinski definition) is 3. The molecule has 82 heavy (non-hydrogen) atoms. The fourth-order valence-corrected chi connectivity index (χ4v) is 12.5. The molecule has 0 saturated carbocycles. The smallest absolute Gasteiger partial charge is 0.127 e. The van der Waals surface area contributed by atoms with Crippen LogP contribution in [0.15, 0.2) is 304 Å². The molecule has 1 aromatic heterocycles. The van der Waals surface area contributed by atoms with Crippen molar-refractivity contribution >= 4 is 44.9 Å². The summed E-state index contributed by atoms with van der Waals surface area (Å²) in [4.78, 5) is 2.42. The van der Waals surface area contributed by atoms with E-state index in [1.165, 1.54) is 55.2 Å². The SMILES string of the molecule is C=Cc1ccc(Oc2ccc(C3(c4ccc(Oc5ccccc5)cc4)c4ccccc4-c4ccc(N(c5ccc(-c6ccc7c(c6)c6ccccc6n7-c6ccccc6)cc5)c5ccc(C(C)(C)c6ccccc6)cc5)cc43)cc2)cc1. The van der Waals surface area contributed by atoms with E-state index in [-0.39, 0.29) is 5.41 Å². The van der Waals surface area contributed by atoms with Crippen molar-refractivity contribution in [2.45, 2.75) is 24.7 Å². The lowest BCUT2D eigenvalue weighted by molar-refractivity contribution is 0.482. The average molecular weight is 1060 g/mol. The van der Waals surface area contributed by atoms with E-state index in [0.29, 0.717) is 0 Å². The van der Waals surface area contributed by atoms with Gasteiger partial charge in [0.2, 0.25) is 0 Å². The third kappa shape index (κ3) is 8.73. The number of ether oxygens (including phenoxy) is 2. The molecule has 0 radical (unpaired) electrons. The molecule has 14 rings (SSSR count).